The van der Waals surface area contributed by atoms with Crippen LogP contribution in [0.2, 0.25) is 15.1 Å². The molecule has 0 heterocycles. The van der Waals surface area contributed by atoms with E-state index < -0.39 is 5.82 Å². The second kappa shape index (κ2) is 6.21. The monoisotopic (exact) mass is 331 g/mol. The van der Waals surface area contributed by atoms with Crippen LogP contribution in [0.3, 0.4) is 0 Å². The third-order valence-corrected chi connectivity index (χ3v) is 4.09. The fourth-order valence-electron chi connectivity index (χ4n) is 1.86. The number of hydrogen-bond acceptors (Lipinski definition) is 1. The van der Waals surface area contributed by atoms with Crippen LogP contribution in [0.4, 0.5) is 10.1 Å². The quantitative estimate of drug-likeness (QED) is 0.698. The van der Waals surface area contributed by atoms with Crippen molar-refractivity contribution >= 4 is 40.5 Å². The molecule has 0 aliphatic rings. The average molecular weight is 333 g/mol. The SMILES string of the molecule is Cc1cc(Cl)c(NC(C)c2ccc(Cl)c(F)c2)cc1Cl. The van der Waals surface area contributed by atoms with Crippen LogP contribution in [0, 0.1) is 12.7 Å². The zero-order valence-electron chi connectivity index (χ0n) is 11.0. The van der Waals surface area contributed by atoms with Gasteiger partial charge in [0, 0.05) is 11.1 Å². The van der Waals surface area contributed by atoms with Crippen molar-refractivity contribution in [2.45, 2.75) is 19.9 Å². The Bertz CT molecular complexity index is 643. The molecule has 0 aromatic heterocycles. The Kier molecular flexibility index (Phi) is 4.79. The highest BCUT2D eigenvalue weighted by atomic mass is 35.5. The van der Waals surface area contributed by atoms with Crippen molar-refractivity contribution in [2.24, 2.45) is 0 Å². The van der Waals surface area contributed by atoms with Crippen molar-refractivity contribution in [3.05, 3.63) is 62.3 Å². The van der Waals surface area contributed by atoms with Gasteiger partial charge in [0.2, 0.25) is 0 Å². The summed E-state index contributed by atoms with van der Waals surface area (Å²) >= 11 is 17.9. The van der Waals surface area contributed by atoms with Crippen LogP contribution in [0.1, 0.15) is 24.1 Å². The van der Waals surface area contributed by atoms with Crippen molar-refractivity contribution in [1.29, 1.82) is 0 Å². The van der Waals surface area contributed by atoms with E-state index in [9.17, 15) is 4.39 Å². The first kappa shape index (κ1) is 15.4. The second-order valence-corrected chi connectivity index (χ2v) is 5.84. The highest BCUT2D eigenvalue weighted by molar-refractivity contribution is 6.35. The molecular weight excluding hydrogens is 320 g/mol. The van der Waals surface area contributed by atoms with Gasteiger partial charge in [0.05, 0.1) is 15.7 Å². The van der Waals surface area contributed by atoms with Gasteiger partial charge < -0.3 is 5.32 Å². The van der Waals surface area contributed by atoms with Crippen LogP contribution in [0.15, 0.2) is 30.3 Å². The third kappa shape index (κ3) is 3.38. The maximum Gasteiger partial charge on any atom is 0.142 e. The third-order valence-electron chi connectivity index (χ3n) is 3.06. The minimum Gasteiger partial charge on any atom is -0.377 e. The van der Waals surface area contributed by atoms with Gasteiger partial charge in [0.15, 0.2) is 0 Å². The number of benzene rings is 2. The molecule has 0 saturated carbocycles. The fourth-order valence-corrected chi connectivity index (χ4v) is 2.41. The van der Waals surface area contributed by atoms with Gasteiger partial charge in [-0.2, -0.15) is 0 Å². The summed E-state index contributed by atoms with van der Waals surface area (Å²) < 4.78 is 13.5. The molecule has 0 amide bonds. The molecule has 2 rings (SSSR count). The van der Waals surface area contributed by atoms with Gasteiger partial charge in [-0.15, -0.1) is 0 Å². The molecule has 0 saturated heterocycles. The molecule has 0 fully saturated rings. The molecule has 1 nitrogen and oxygen atoms in total. The van der Waals surface area contributed by atoms with Gasteiger partial charge in [-0.25, -0.2) is 4.39 Å². The number of halogens is 4. The molecule has 0 spiro atoms. The Hall–Kier alpha value is -0.960. The number of hydrogen-bond donors (Lipinski definition) is 1. The molecule has 2 aromatic rings. The Morgan fingerprint density at radius 3 is 2.35 bits per heavy atom. The Labute approximate surface area is 132 Å². The van der Waals surface area contributed by atoms with E-state index in [0.717, 1.165) is 11.1 Å². The summed E-state index contributed by atoms with van der Waals surface area (Å²) in [5.41, 5.74) is 2.40. The van der Waals surface area contributed by atoms with Crippen molar-refractivity contribution in [1.82, 2.24) is 0 Å². The maximum atomic E-state index is 13.5. The summed E-state index contributed by atoms with van der Waals surface area (Å²) in [6.07, 6.45) is 0. The number of nitrogens with one attached hydrogen (secondary N) is 1. The first-order valence-electron chi connectivity index (χ1n) is 6.05. The van der Waals surface area contributed by atoms with Gasteiger partial charge in [-0.05, 0) is 49.2 Å². The predicted molar refractivity (Wildman–Crippen MR) is 84.6 cm³/mol. The zero-order valence-corrected chi connectivity index (χ0v) is 13.2. The second-order valence-electron chi connectivity index (χ2n) is 4.62. The van der Waals surface area contributed by atoms with E-state index in [1.54, 1.807) is 18.2 Å². The smallest absolute Gasteiger partial charge is 0.142 e. The number of rotatable bonds is 3. The zero-order chi connectivity index (χ0) is 14.9. The molecule has 1 atom stereocenters. The van der Waals surface area contributed by atoms with E-state index in [4.69, 9.17) is 34.8 Å². The van der Waals surface area contributed by atoms with Crippen LogP contribution in [-0.4, -0.2) is 0 Å². The Balaban J connectivity index is 2.25. The molecular formula is C15H13Cl3FN. The van der Waals surface area contributed by atoms with E-state index in [0.29, 0.717) is 15.7 Å². The standard InChI is InChI=1S/C15H13Cl3FN/c1-8-5-13(18)15(7-12(8)17)20-9(2)10-3-4-11(16)14(19)6-10/h3-7,9,20H,1-2H3. The average Bonchev–Trinajstić information content (AvgIpc) is 2.39. The predicted octanol–water partition coefficient (Wildman–Crippen LogP) is 6.27. The Morgan fingerprint density at radius 2 is 1.70 bits per heavy atom. The summed E-state index contributed by atoms with van der Waals surface area (Å²) in [6, 6.07) is 8.15. The van der Waals surface area contributed by atoms with E-state index in [2.05, 4.69) is 5.32 Å². The molecule has 0 aliphatic heterocycles. The van der Waals surface area contributed by atoms with Gasteiger partial charge in [0.25, 0.3) is 0 Å². The molecule has 5 heteroatoms. The molecule has 0 bridgehead atoms. The van der Waals surface area contributed by atoms with Crippen molar-refractivity contribution in [3.63, 3.8) is 0 Å². The van der Waals surface area contributed by atoms with E-state index >= 15 is 0 Å². The molecule has 1 unspecified atom stereocenters. The fraction of sp³-hybridized carbons (Fsp3) is 0.200. The lowest BCUT2D eigenvalue weighted by atomic mass is 10.1. The van der Waals surface area contributed by atoms with Crippen LogP contribution >= 0.6 is 34.8 Å². The van der Waals surface area contributed by atoms with Crippen molar-refractivity contribution in [3.8, 4) is 0 Å². The lowest BCUT2D eigenvalue weighted by molar-refractivity contribution is 0.624. The molecule has 20 heavy (non-hydrogen) atoms. The molecule has 0 aliphatic carbocycles. The Morgan fingerprint density at radius 1 is 1.00 bits per heavy atom. The largest absolute Gasteiger partial charge is 0.377 e. The molecule has 2 aromatic carbocycles. The van der Waals surface area contributed by atoms with Crippen LogP contribution in [0.5, 0.6) is 0 Å². The van der Waals surface area contributed by atoms with E-state index in [1.807, 2.05) is 13.8 Å². The highest BCUT2D eigenvalue weighted by Gasteiger charge is 2.11. The summed E-state index contributed by atoms with van der Waals surface area (Å²) in [5.74, 6) is -0.439. The molecule has 0 radical (unpaired) electrons. The minimum absolute atomic E-state index is 0.109. The first-order valence-corrected chi connectivity index (χ1v) is 7.19. The summed E-state index contributed by atoms with van der Waals surface area (Å²) in [5, 5.41) is 4.53. The molecule has 106 valence electrons. The lowest BCUT2D eigenvalue weighted by Crippen LogP contribution is -2.07. The summed E-state index contributed by atoms with van der Waals surface area (Å²) in [6.45, 7) is 3.79. The topological polar surface area (TPSA) is 12.0 Å². The summed E-state index contributed by atoms with van der Waals surface area (Å²) in [4.78, 5) is 0. The van der Waals surface area contributed by atoms with Crippen molar-refractivity contribution in [2.75, 3.05) is 5.32 Å². The first-order chi connectivity index (χ1) is 9.38. The van der Waals surface area contributed by atoms with E-state index in [1.165, 1.54) is 12.1 Å². The summed E-state index contributed by atoms with van der Waals surface area (Å²) in [7, 11) is 0. The van der Waals surface area contributed by atoms with Gasteiger partial charge in [-0.1, -0.05) is 40.9 Å². The number of aryl methyl sites for hydroxylation is 1. The van der Waals surface area contributed by atoms with Crippen LogP contribution < -0.4 is 5.32 Å². The molecule has 1 N–H and O–H groups in total. The highest BCUT2D eigenvalue weighted by Crippen LogP contribution is 2.31. The van der Waals surface area contributed by atoms with Gasteiger partial charge in [0.1, 0.15) is 5.82 Å². The van der Waals surface area contributed by atoms with E-state index in [-0.39, 0.29) is 11.1 Å². The van der Waals surface area contributed by atoms with Crippen LogP contribution in [0.25, 0.3) is 0 Å². The van der Waals surface area contributed by atoms with Crippen LogP contribution in [-0.2, 0) is 0 Å². The van der Waals surface area contributed by atoms with Gasteiger partial charge in [-0.3, -0.25) is 0 Å². The normalized spacial score (nSPS) is 12.3. The minimum atomic E-state index is -0.439. The number of anilines is 1. The lowest BCUT2D eigenvalue weighted by Gasteiger charge is -2.18. The maximum absolute atomic E-state index is 13.5. The van der Waals surface area contributed by atoms with Crippen molar-refractivity contribution < 1.29 is 4.39 Å². The van der Waals surface area contributed by atoms with Gasteiger partial charge >= 0.3 is 0 Å².